The van der Waals surface area contributed by atoms with Gasteiger partial charge in [0.1, 0.15) is 11.8 Å². The van der Waals surface area contributed by atoms with Crippen LogP contribution in [0.5, 0.6) is 0 Å². The smallest absolute Gasteiger partial charge is 0.330 e. The highest BCUT2D eigenvalue weighted by Gasteiger charge is 2.16. The minimum absolute atomic E-state index is 0.325. The number of hydrogen-bond acceptors (Lipinski definition) is 4. The molecule has 0 saturated heterocycles. The van der Waals surface area contributed by atoms with Crippen LogP contribution in [0.25, 0.3) is 11.3 Å². The van der Waals surface area contributed by atoms with Gasteiger partial charge in [0.15, 0.2) is 0 Å². The number of carbonyl (C=O) groups excluding carboxylic acids is 1. The van der Waals surface area contributed by atoms with Crippen molar-refractivity contribution in [1.82, 2.24) is 9.78 Å². The zero-order valence-electron chi connectivity index (χ0n) is 9.08. The zero-order chi connectivity index (χ0) is 11.5. The average Bonchev–Trinajstić information content (AvgIpc) is 2.96. The number of hydrogen-bond donors (Lipinski definition) is 0. The minimum Gasteiger partial charge on any atom is -0.467 e. The monoisotopic (exact) mass is 220 g/mol. The summed E-state index contributed by atoms with van der Waals surface area (Å²) in [5.41, 5.74) is 0.834. The standard InChI is InChI=1S/C11H12N2O3/c1-8(11(14)15-2)13-7-9(6-12-13)10-4-3-5-16-10/h3-8H,1-2H3/t8-/m1/s1. The van der Waals surface area contributed by atoms with Crippen LogP contribution in [-0.2, 0) is 9.53 Å². The number of rotatable bonds is 3. The maximum absolute atomic E-state index is 11.3. The summed E-state index contributed by atoms with van der Waals surface area (Å²) in [6, 6.07) is 3.20. The third-order valence-electron chi connectivity index (χ3n) is 2.35. The molecule has 2 aromatic rings. The Morgan fingerprint density at radius 2 is 2.44 bits per heavy atom. The van der Waals surface area contributed by atoms with Crippen molar-refractivity contribution in [2.24, 2.45) is 0 Å². The third kappa shape index (κ3) is 1.84. The molecule has 0 aliphatic heterocycles. The van der Waals surface area contributed by atoms with E-state index in [4.69, 9.17) is 4.42 Å². The van der Waals surface area contributed by atoms with Gasteiger partial charge >= 0.3 is 5.97 Å². The van der Waals surface area contributed by atoms with Gasteiger partial charge in [0.05, 0.1) is 25.1 Å². The lowest BCUT2D eigenvalue weighted by Crippen LogP contribution is -2.17. The van der Waals surface area contributed by atoms with Crippen molar-refractivity contribution in [3.05, 3.63) is 30.8 Å². The van der Waals surface area contributed by atoms with Crippen molar-refractivity contribution in [3.63, 3.8) is 0 Å². The van der Waals surface area contributed by atoms with Gasteiger partial charge in [-0.15, -0.1) is 0 Å². The van der Waals surface area contributed by atoms with E-state index in [1.165, 1.54) is 7.11 Å². The van der Waals surface area contributed by atoms with Gasteiger partial charge in [0.2, 0.25) is 0 Å². The Morgan fingerprint density at radius 3 is 3.06 bits per heavy atom. The second-order valence-electron chi connectivity index (χ2n) is 3.39. The van der Waals surface area contributed by atoms with Crippen molar-refractivity contribution in [2.45, 2.75) is 13.0 Å². The van der Waals surface area contributed by atoms with Crippen molar-refractivity contribution < 1.29 is 13.9 Å². The molecule has 2 heterocycles. The van der Waals surface area contributed by atoms with Gasteiger partial charge < -0.3 is 9.15 Å². The van der Waals surface area contributed by atoms with E-state index in [1.54, 1.807) is 36.3 Å². The number of carbonyl (C=O) groups is 1. The maximum atomic E-state index is 11.3. The molecule has 0 amide bonds. The molecule has 0 radical (unpaired) electrons. The molecule has 0 bridgehead atoms. The largest absolute Gasteiger partial charge is 0.467 e. The number of methoxy groups -OCH3 is 1. The quantitative estimate of drug-likeness (QED) is 0.741. The second-order valence-corrected chi connectivity index (χ2v) is 3.39. The predicted octanol–water partition coefficient (Wildman–Crippen LogP) is 1.88. The van der Waals surface area contributed by atoms with E-state index < -0.39 is 6.04 Å². The molecule has 0 aliphatic rings. The second kappa shape index (κ2) is 4.22. The molecule has 16 heavy (non-hydrogen) atoms. The predicted molar refractivity (Wildman–Crippen MR) is 56.7 cm³/mol. The van der Waals surface area contributed by atoms with E-state index in [-0.39, 0.29) is 5.97 Å². The van der Waals surface area contributed by atoms with Crippen LogP contribution in [0.4, 0.5) is 0 Å². The molecule has 2 aromatic heterocycles. The van der Waals surface area contributed by atoms with Crippen molar-refractivity contribution in [2.75, 3.05) is 7.11 Å². The Hall–Kier alpha value is -2.04. The molecule has 1 atom stereocenters. The lowest BCUT2D eigenvalue weighted by molar-refractivity contribution is -0.144. The molecule has 5 heteroatoms. The van der Waals surface area contributed by atoms with Gasteiger partial charge in [-0.05, 0) is 19.1 Å². The van der Waals surface area contributed by atoms with E-state index in [1.807, 2.05) is 6.07 Å². The SMILES string of the molecule is COC(=O)[C@@H](C)n1cc(-c2ccco2)cn1. The van der Waals surface area contributed by atoms with Gasteiger partial charge in [0.25, 0.3) is 0 Å². The summed E-state index contributed by atoms with van der Waals surface area (Å²) in [6.45, 7) is 1.73. The van der Waals surface area contributed by atoms with Crippen molar-refractivity contribution in [3.8, 4) is 11.3 Å². The van der Waals surface area contributed by atoms with E-state index in [9.17, 15) is 4.79 Å². The van der Waals surface area contributed by atoms with Crippen LogP contribution in [-0.4, -0.2) is 22.9 Å². The summed E-state index contributed by atoms with van der Waals surface area (Å²) in [7, 11) is 1.36. The number of nitrogens with zero attached hydrogens (tertiary/aromatic N) is 2. The van der Waals surface area contributed by atoms with E-state index in [0.29, 0.717) is 0 Å². The van der Waals surface area contributed by atoms with Gasteiger partial charge in [-0.2, -0.15) is 5.10 Å². The molecule has 0 spiro atoms. The van der Waals surface area contributed by atoms with Crippen LogP contribution in [0.15, 0.2) is 35.2 Å². The van der Waals surface area contributed by atoms with Crippen molar-refractivity contribution in [1.29, 1.82) is 0 Å². The fraction of sp³-hybridized carbons (Fsp3) is 0.273. The molecule has 0 aliphatic carbocycles. The molecule has 84 valence electrons. The first-order chi connectivity index (χ1) is 7.72. The lowest BCUT2D eigenvalue weighted by Gasteiger charge is -2.08. The van der Waals surface area contributed by atoms with Crippen LogP contribution < -0.4 is 0 Å². The van der Waals surface area contributed by atoms with Gasteiger partial charge in [-0.25, -0.2) is 4.79 Å². The van der Waals surface area contributed by atoms with Gasteiger partial charge in [-0.1, -0.05) is 0 Å². The zero-order valence-corrected chi connectivity index (χ0v) is 9.08. The Labute approximate surface area is 92.6 Å². The Bertz CT molecular complexity index is 473. The van der Waals surface area contributed by atoms with E-state index in [0.717, 1.165) is 11.3 Å². The summed E-state index contributed by atoms with van der Waals surface area (Å²) in [5.74, 6) is 0.400. The van der Waals surface area contributed by atoms with Crippen molar-refractivity contribution >= 4 is 5.97 Å². The summed E-state index contributed by atoms with van der Waals surface area (Å²) >= 11 is 0. The Morgan fingerprint density at radius 1 is 1.62 bits per heavy atom. The van der Waals surface area contributed by atoms with Crippen LogP contribution in [0.1, 0.15) is 13.0 Å². The van der Waals surface area contributed by atoms with E-state index >= 15 is 0 Å². The molecule has 5 nitrogen and oxygen atoms in total. The van der Waals surface area contributed by atoms with Crippen LogP contribution >= 0.6 is 0 Å². The molecule has 0 N–H and O–H groups in total. The number of ether oxygens (including phenoxy) is 1. The Balaban J connectivity index is 2.23. The molecule has 0 aromatic carbocycles. The first-order valence-corrected chi connectivity index (χ1v) is 4.88. The molecule has 0 saturated carbocycles. The lowest BCUT2D eigenvalue weighted by atomic mass is 10.3. The average molecular weight is 220 g/mol. The normalized spacial score (nSPS) is 12.4. The minimum atomic E-state index is -0.436. The topological polar surface area (TPSA) is 57.3 Å². The fourth-order valence-electron chi connectivity index (χ4n) is 1.40. The summed E-state index contributed by atoms with van der Waals surface area (Å²) in [4.78, 5) is 11.3. The van der Waals surface area contributed by atoms with Gasteiger partial charge in [-0.3, -0.25) is 4.68 Å². The van der Waals surface area contributed by atoms with Crippen LogP contribution in [0.2, 0.25) is 0 Å². The van der Waals surface area contributed by atoms with E-state index in [2.05, 4.69) is 9.84 Å². The van der Waals surface area contributed by atoms with Gasteiger partial charge in [0, 0.05) is 6.20 Å². The molecule has 0 fully saturated rings. The highest BCUT2D eigenvalue weighted by molar-refractivity contribution is 5.73. The summed E-state index contributed by atoms with van der Waals surface area (Å²) < 4.78 is 11.4. The van der Waals surface area contributed by atoms with Crippen LogP contribution in [0.3, 0.4) is 0 Å². The number of esters is 1. The van der Waals surface area contributed by atoms with Crippen LogP contribution in [0, 0.1) is 0 Å². The first-order valence-electron chi connectivity index (χ1n) is 4.88. The summed E-state index contributed by atoms with van der Waals surface area (Å²) in [6.07, 6.45) is 5.00. The molecule has 0 unspecified atom stereocenters. The maximum Gasteiger partial charge on any atom is 0.330 e. The first kappa shape index (κ1) is 10.5. The highest BCUT2D eigenvalue weighted by Crippen LogP contribution is 2.20. The molecule has 2 rings (SSSR count). The third-order valence-corrected chi connectivity index (χ3v) is 2.35. The summed E-state index contributed by atoms with van der Waals surface area (Å²) in [5, 5.41) is 4.10. The highest BCUT2D eigenvalue weighted by atomic mass is 16.5. The molecular formula is C11H12N2O3. The number of furan rings is 1. The number of aromatic nitrogens is 2. The Kier molecular flexibility index (Phi) is 2.76. The fourth-order valence-corrected chi connectivity index (χ4v) is 1.40. The molecular weight excluding hydrogens is 208 g/mol.